The molecular weight excluding hydrogens is 240 g/mol. The predicted octanol–water partition coefficient (Wildman–Crippen LogP) is 6.86. The summed E-state index contributed by atoms with van der Waals surface area (Å²) in [6.45, 7) is 19.2. The summed E-state index contributed by atoms with van der Waals surface area (Å²) in [5, 5.41) is 0. The monoisotopic (exact) mass is 278 g/mol. The smallest absolute Gasteiger partial charge is 0.0118 e. The van der Waals surface area contributed by atoms with E-state index in [1.54, 1.807) is 5.57 Å². The van der Waals surface area contributed by atoms with Gasteiger partial charge < -0.3 is 0 Å². The molecular formula is C20H38. The molecule has 2 atom stereocenters. The Morgan fingerprint density at radius 2 is 1.80 bits per heavy atom. The molecule has 0 nitrogen and oxygen atoms in total. The Hall–Kier alpha value is -0.260. The molecule has 118 valence electrons. The maximum atomic E-state index is 2.62. The van der Waals surface area contributed by atoms with E-state index in [1.807, 2.05) is 0 Å². The Morgan fingerprint density at radius 1 is 1.25 bits per heavy atom. The lowest BCUT2D eigenvalue weighted by Gasteiger charge is -2.26. The molecule has 0 heteroatoms. The van der Waals surface area contributed by atoms with E-state index in [4.69, 9.17) is 0 Å². The lowest BCUT2D eigenvalue weighted by molar-refractivity contribution is 0.289. The zero-order chi connectivity index (χ0) is 15.6. The van der Waals surface area contributed by atoms with Gasteiger partial charge in [-0.25, -0.2) is 0 Å². The first-order valence-electron chi connectivity index (χ1n) is 8.80. The predicted molar refractivity (Wildman–Crippen MR) is 91.9 cm³/mol. The van der Waals surface area contributed by atoms with Gasteiger partial charge in [0, 0.05) is 0 Å². The van der Waals surface area contributed by atoms with Crippen molar-refractivity contribution in [1.29, 1.82) is 0 Å². The van der Waals surface area contributed by atoms with Gasteiger partial charge in [0.1, 0.15) is 0 Å². The fourth-order valence-electron chi connectivity index (χ4n) is 4.05. The Kier molecular flexibility index (Phi) is 5.93. The number of hydrogen-bond donors (Lipinski definition) is 0. The molecule has 0 aromatic carbocycles. The molecule has 0 spiro atoms. The Morgan fingerprint density at radius 3 is 2.20 bits per heavy atom. The fourth-order valence-corrected chi connectivity index (χ4v) is 4.05. The summed E-state index contributed by atoms with van der Waals surface area (Å²) in [7, 11) is 0. The summed E-state index contributed by atoms with van der Waals surface area (Å²) in [5.41, 5.74) is 2.76. The van der Waals surface area contributed by atoms with Crippen molar-refractivity contribution in [1.82, 2.24) is 0 Å². The second-order valence-corrected chi connectivity index (χ2v) is 8.94. The van der Waals surface area contributed by atoms with Gasteiger partial charge in [-0.05, 0) is 54.3 Å². The van der Waals surface area contributed by atoms with Gasteiger partial charge in [0.05, 0.1) is 0 Å². The normalized spacial score (nSPS) is 26.1. The standard InChI is InChI=1S/C20H38/c1-9-10-11-17(18-16(4)20(18,7)8)12-13-19(5,6)14-15(2)3/h12,15-16,18H,9-11,13-14H2,1-8H3. The average molecular weight is 279 g/mol. The lowest BCUT2D eigenvalue weighted by atomic mass is 9.80. The van der Waals surface area contributed by atoms with E-state index in [0.717, 1.165) is 17.8 Å². The summed E-state index contributed by atoms with van der Waals surface area (Å²) >= 11 is 0. The van der Waals surface area contributed by atoms with Crippen molar-refractivity contribution in [3.05, 3.63) is 11.6 Å². The summed E-state index contributed by atoms with van der Waals surface area (Å²) in [5.74, 6) is 2.52. The third-order valence-electron chi connectivity index (χ3n) is 5.46. The van der Waals surface area contributed by atoms with Crippen LogP contribution in [-0.2, 0) is 0 Å². The average Bonchev–Trinajstić information content (AvgIpc) is 2.77. The van der Waals surface area contributed by atoms with E-state index in [1.165, 1.54) is 32.1 Å². The molecule has 0 amide bonds. The second kappa shape index (κ2) is 6.67. The molecule has 2 unspecified atom stereocenters. The Labute approximate surface area is 128 Å². The maximum absolute atomic E-state index is 2.62. The van der Waals surface area contributed by atoms with Crippen LogP contribution >= 0.6 is 0 Å². The van der Waals surface area contributed by atoms with Crippen LogP contribution in [0.15, 0.2) is 11.6 Å². The highest BCUT2D eigenvalue weighted by atomic mass is 14.6. The third-order valence-corrected chi connectivity index (χ3v) is 5.46. The van der Waals surface area contributed by atoms with E-state index >= 15 is 0 Å². The minimum absolute atomic E-state index is 0.452. The second-order valence-electron chi connectivity index (χ2n) is 8.94. The molecule has 0 N–H and O–H groups in total. The third kappa shape index (κ3) is 4.64. The van der Waals surface area contributed by atoms with Gasteiger partial charge in [0.2, 0.25) is 0 Å². The van der Waals surface area contributed by atoms with Crippen molar-refractivity contribution in [2.45, 2.75) is 87.5 Å². The molecule has 0 heterocycles. The van der Waals surface area contributed by atoms with Crippen molar-refractivity contribution in [3.8, 4) is 0 Å². The van der Waals surface area contributed by atoms with Crippen molar-refractivity contribution >= 4 is 0 Å². The van der Waals surface area contributed by atoms with E-state index < -0.39 is 0 Å². The minimum Gasteiger partial charge on any atom is -0.0845 e. The molecule has 0 aromatic heterocycles. The number of rotatable bonds is 8. The van der Waals surface area contributed by atoms with E-state index in [9.17, 15) is 0 Å². The molecule has 1 fully saturated rings. The van der Waals surface area contributed by atoms with Crippen LogP contribution in [0.1, 0.15) is 87.5 Å². The van der Waals surface area contributed by atoms with Gasteiger partial charge in [-0.2, -0.15) is 0 Å². The van der Waals surface area contributed by atoms with Gasteiger partial charge in [-0.15, -0.1) is 0 Å². The van der Waals surface area contributed by atoms with Gasteiger partial charge in [0.25, 0.3) is 0 Å². The number of hydrogen-bond acceptors (Lipinski definition) is 0. The van der Waals surface area contributed by atoms with Crippen LogP contribution in [0.5, 0.6) is 0 Å². The maximum Gasteiger partial charge on any atom is -0.0118 e. The summed E-state index contributed by atoms with van der Waals surface area (Å²) in [4.78, 5) is 0. The molecule has 1 rings (SSSR count). The molecule has 0 saturated heterocycles. The molecule has 1 aliphatic carbocycles. The van der Waals surface area contributed by atoms with Gasteiger partial charge in [-0.1, -0.05) is 73.5 Å². The van der Waals surface area contributed by atoms with Crippen molar-refractivity contribution in [3.63, 3.8) is 0 Å². The van der Waals surface area contributed by atoms with Crippen LogP contribution in [0.25, 0.3) is 0 Å². The first kappa shape index (κ1) is 17.8. The summed E-state index contributed by atoms with van der Waals surface area (Å²) < 4.78 is 0. The zero-order valence-corrected chi connectivity index (χ0v) is 15.3. The van der Waals surface area contributed by atoms with Crippen LogP contribution in [0, 0.1) is 28.6 Å². The van der Waals surface area contributed by atoms with Crippen molar-refractivity contribution < 1.29 is 0 Å². The van der Waals surface area contributed by atoms with E-state index in [-0.39, 0.29) is 0 Å². The highest BCUT2D eigenvalue weighted by Gasteiger charge is 2.55. The van der Waals surface area contributed by atoms with Crippen LogP contribution in [0.4, 0.5) is 0 Å². The molecule has 1 aliphatic rings. The van der Waals surface area contributed by atoms with Crippen molar-refractivity contribution in [2.75, 3.05) is 0 Å². The SMILES string of the molecule is CCCCC(=CCC(C)(C)CC(C)C)C1C(C)C1(C)C. The molecule has 0 bridgehead atoms. The van der Waals surface area contributed by atoms with Crippen LogP contribution in [0.3, 0.4) is 0 Å². The lowest BCUT2D eigenvalue weighted by Crippen LogP contribution is -2.13. The van der Waals surface area contributed by atoms with E-state index in [0.29, 0.717) is 10.8 Å². The quantitative estimate of drug-likeness (QED) is 0.425. The molecule has 0 radical (unpaired) electrons. The fraction of sp³-hybridized carbons (Fsp3) is 0.900. The van der Waals surface area contributed by atoms with Crippen LogP contribution in [0.2, 0.25) is 0 Å². The summed E-state index contributed by atoms with van der Waals surface area (Å²) in [6.07, 6.45) is 9.20. The molecule has 0 aliphatic heterocycles. The largest absolute Gasteiger partial charge is 0.0845 e. The van der Waals surface area contributed by atoms with E-state index in [2.05, 4.69) is 61.5 Å². The van der Waals surface area contributed by atoms with Gasteiger partial charge >= 0.3 is 0 Å². The Bertz CT molecular complexity index is 330. The highest BCUT2D eigenvalue weighted by Crippen LogP contribution is 2.62. The topological polar surface area (TPSA) is 0 Å². The van der Waals surface area contributed by atoms with Gasteiger partial charge in [0.15, 0.2) is 0 Å². The van der Waals surface area contributed by atoms with Crippen molar-refractivity contribution in [2.24, 2.45) is 28.6 Å². The number of unbranched alkanes of at least 4 members (excludes halogenated alkanes) is 1. The molecule has 1 saturated carbocycles. The van der Waals surface area contributed by atoms with Gasteiger partial charge in [-0.3, -0.25) is 0 Å². The first-order valence-corrected chi connectivity index (χ1v) is 8.80. The molecule has 0 aromatic rings. The highest BCUT2D eigenvalue weighted by molar-refractivity contribution is 5.23. The Balaban J connectivity index is 2.71. The number of allylic oxidation sites excluding steroid dienone is 2. The molecule has 20 heavy (non-hydrogen) atoms. The zero-order valence-electron chi connectivity index (χ0n) is 15.3. The summed E-state index contributed by atoms with van der Waals surface area (Å²) in [6, 6.07) is 0. The first-order chi connectivity index (χ1) is 9.12. The van der Waals surface area contributed by atoms with Crippen LogP contribution in [-0.4, -0.2) is 0 Å². The van der Waals surface area contributed by atoms with Crippen LogP contribution < -0.4 is 0 Å². The minimum atomic E-state index is 0.452.